The van der Waals surface area contributed by atoms with Gasteiger partial charge < -0.3 is 16.2 Å². The van der Waals surface area contributed by atoms with Crippen molar-refractivity contribution >= 4 is 23.3 Å². The lowest BCUT2D eigenvalue weighted by molar-refractivity contribution is 0.0526. The summed E-state index contributed by atoms with van der Waals surface area (Å²) in [6.07, 6.45) is 2.48. The second-order valence-corrected chi connectivity index (χ2v) is 3.44. The Bertz CT molecular complexity index is 634. The maximum Gasteiger partial charge on any atom is 0.343 e. The minimum atomic E-state index is -0.666. The van der Waals surface area contributed by atoms with E-state index in [1.807, 2.05) is 0 Å². The second kappa shape index (κ2) is 4.32. The molecule has 4 N–H and O–H groups in total. The van der Waals surface area contributed by atoms with Crippen LogP contribution in [0.3, 0.4) is 0 Å². The Hall–Kier alpha value is -2.64. The molecule has 2 aromatic rings. The van der Waals surface area contributed by atoms with E-state index in [1.165, 1.54) is 16.9 Å². The van der Waals surface area contributed by atoms with Crippen LogP contribution in [0.1, 0.15) is 27.6 Å². The van der Waals surface area contributed by atoms with E-state index >= 15 is 0 Å². The molecule has 2 aromatic heterocycles. The van der Waals surface area contributed by atoms with E-state index in [9.17, 15) is 9.59 Å². The van der Waals surface area contributed by atoms with Crippen molar-refractivity contribution in [1.29, 1.82) is 0 Å². The Balaban J connectivity index is 2.59. The van der Waals surface area contributed by atoms with Gasteiger partial charge in [0.1, 0.15) is 16.9 Å². The lowest BCUT2D eigenvalue weighted by Crippen LogP contribution is -2.14. The molecule has 0 fully saturated rings. The standard InChI is InChI=1S/C10H11N5O3/c1-2-18-10(17)5-3-13-9-6(8(12)16)4-14-15(9)7(5)11/h3-4H,2,11H2,1H3,(H2,12,16). The Labute approximate surface area is 102 Å². The Morgan fingerprint density at radius 1 is 1.39 bits per heavy atom. The van der Waals surface area contributed by atoms with Gasteiger partial charge in [-0.1, -0.05) is 0 Å². The fourth-order valence-electron chi connectivity index (χ4n) is 1.49. The molecule has 94 valence electrons. The number of carbonyl (C=O) groups is 2. The van der Waals surface area contributed by atoms with Crippen LogP contribution in [-0.4, -0.2) is 33.1 Å². The number of amides is 1. The van der Waals surface area contributed by atoms with Gasteiger partial charge in [-0.05, 0) is 6.92 Å². The number of hydrogen-bond acceptors (Lipinski definition) is 6. The number of esters is 1. The lowest BCUT2D eigenvalue weighted by Gasteiger charge is -2.06. The maximum atomic E-state index is 11.6. The van der Waals surface area contributed by atoms with E-state index in [0.717, 1.165) is 0 Å². The van der Waals surface area contributed by atoms with Crippen LogP contribution < -0.4 is 11.5 Å². The molecule has 0 bridgehead atoms. The molecule has 0 aliphatic carbocycles. The zero-order valence-corrected chi connectivity index (χ0v) is 9.58. The largest absolute Gasteiger partial charge is 0.462 e. The zero-order valence-electron chi connectivity index (χ0n) is 9.58. The second-order valence-electron chi connectivity index (χ2n) is 3.44. The molecule has 2 rings (SSSR count). The van der Waals surface area contributed by atoms with Gasteiger partial charge >= 0.3 is 5.97 Å². The third-order valence-corrected chi connectivity index (χ3v) is 2.32. The lowest BCUT2D eigenvalue weighted by atomic mass is 10.3. The monoisotopic (exact) mass is 249 g/mol. The summed E-state index contributed by atoms with van der Waals surface area (Å²) < 4.78 is 5.99. The van der Waals surface area contributed by atoms with Crippen molar-refractivity contribution in [3.63, 3.8) is 0 Å². The zero-order chi connectivity index (χ0) is 13.3. The highest BCUT2D eigenvalue weighted by Gasteiger charge is 2.18. The fourth-order valence-corrected chi connectivity index (χ4v) is 1.49. The number of primary amides is 1. The molecule has 0 saturated heterocycles. The highest BCUT2D eigenvalue weighted by molar-refractivity contribution is 6.00. The highest BCUT2D eigenvalue weighted by Crippen LogP contribution is 2.16. The third kappa shape index (κ3) is 1.73. The molecular weight excluding hydrogens is 238 g/mol. The normalized spacial score (nSPS) is 10.5. The van der Waals surface area contributed by atoms with Gasteiger partial charge in [0.2, 0.25) is 0 Å². The number of rotatable bonds is 3. The summed E-state index contributed by atoms with van der Waals surface area (Å²) in [5.41, 5.74) is 11.4. The van der Waals surface area contributed by atoms with Crippen LogP contribution in [-0.2, 0) is 4.74 Å². The van der Waals surface area contributed by atoms with Crippen molar-refractivity contribution in [2.45, 2.75) is 6.92 Å². The number of anilines is 1. The molecule has 0 unspecified atom stereocenters. The van der Waals surface area contributed by atoms with Crippen molar-refractivity contribution < 1.29 is 14.3 Å². The minimum Gasteiger partial charge on any atom is -0.462 e. The number of nitrogens with two attached hydrogens (primary N) is 2. The van der Waals surface area contributed by atoms with Crippen LogP contribution in [0.2, 0.25) is 0 Å². The Morgan fingerprint density at radius 3 is 2.72 bits per heavy atom. The third-order valence-electron chi connectivity index (χ3n) is 2.32. The fraction of sp³-hybridized carbons (Fsp3) is 0.200. The van der Waals surface area contributed by atoms with Crippen LogP contribution in [0.5, 0.6) is 0 Å². The van der Waals surface area contributed by atoms with Gasteiger partial charge in [0, 0.05) is 6.20 Å². The van der Waals surface area contributed by atoms with E-state index in [1.54, 1.807) is 6.92 Å². The molecule has 0 saturated carbocycles. The SMILES string of the molecule is CCOC(=O)c1cnc2c(C(N)=O)cnn2c1N. The van der Waals surface area contributed by atoms with E-state index in [4.69, 9.17) is 16.2 Å². The molecule has 0 atom stereocenters. The first-order valence-electron chi connectivity index (χ1n) is 5.15. The first-order valence-corrected chi connectivity index (χ1v) is 5.15. The average Bonchev–Trinajstić information content (AvgIpc) is 2.74. The number of carbonyl (C=O) groups excluding carboxylic acids is 2. The van der Waals surface area contributed by atoms with Crippen LogP contribution >= 0.6 is 0 Å². The predicted octanol–water partition coefficient (Wildman–Crippen LogP) is -0.413. The number of aromatic nitrogens is 3. The number of nitrogen functional groups attached to an aromatic ring is 1. The van der Waals surface area contributed by atoms with E-state index < -0.39 is 11.9 Å². The van der Waals surface area contributed by atoms with Gasteiger partial charge in [-0.3, -0.25) is 4.79 Å². The van der Waals surface area contributed by atoms with Crippen LogP contribution in [0.15, 0.2) is 12.4 Å². The summed E-state index contributed by atoms with van der Waals surface area (Å²) in [7, 11) is 0. The van der Waals surface area contributed by atoms with Crippen LogP contribution in [0, 0.1) is 0 Å². The smallest absolute Gasteiger partial charge is 0.343 e. The summed E-state index contributed by atoms with van der Waals surface area (Å²) >= 11 is 0. The molecule has 0 aliphatic heterocycles. The summed E-state index contributed by atoms with van der Waals surface area (Å²) in [6.45, 7) is 1.90. The van der Waals surface area contributed by atoms with Gasteiger partial charge in [-0.25, -0.2) is 9.78 Å². The molecule has 2 heterocycles. The number of fused-ring (bicyclic) bond motifs is 1. The van der Waals surface area contributed by atoms with Crippen molar-refractivity contribution in [2.75, 3.05) is 12.3 Å². The highest BCUT2D eigenvalue weighted by atomic mass is 16.5. The number of nitrogens with zero attached hydrogens (tertiary/aromatic N) is 3. The molecule has 0 radical (unpaired) electrons. The van der Waals surface area contributed by atoms with E-state index in [-0.39, 0.29) is 29.2 Å². The summed E-state index contributed by atoms with van der Waals surface area (Å²) in [5, 5.41) is 3.86. The summed E-state index contributed by atoms with van der Waals surface area (Å²) in [4.78, 5) is 26.6. The van der Waals surface area contributed by atoms with Gasteiger partial charge in [0.05, 0.1) is 12.8 Å². The summed E-state index contributed by atoms with van der Waals surface area (Å²) in [5.74, 6) is -1.22. The summed E-state index contributed by atoms with van der Waals surface area (Å²) in [6, 6.07) is 0. The van der Waals surface area contributed by atoms with E-state index in [0.29, 0.717) is 0 Å². The molecule has 0 aliphatic rings. The van der Waals surface area contributed by atoms with Gasteiger partial charge in [0.25, 0.3) is 5.91 Å². The van der Waals surface area contributed by atoms with Gasteiger partial charge in [-0.2, -0.15) is 9.61 Å². The van der Waals surface area contributed by atoms with Crippen LogP contribution in [0.25, 0.3) is 5.65 Å². The molecule has 1 amide bonds. The topological polar surface area (TPSA) is 126 Å². The van der Waals surface area contributed by atoms with Crippen molar-refractivity contribution in [3.05, 3.63) is 23.5 Å². The Kier molecular flexibility index (Phi) is 2.84. The van der Waals surface area contributed by atoms with Crippen molar-refractivity contribution in [1.82, 2.24) is 14.6 Å². The quantitative estimate of drug-likeness (QED) is 0.712. The first kappa shape index (κ1) is 11.8. The van der Waals surface area contributed by atoms with Crippen molar-refractivity contribution in [3.8, 4) is 0 Å². The average molecular weight is 249 g/mol. The van der Waals surface area contributed by atoms with Crippen LogP contribution in [0.4, 0.5) is 5.82 Å². The van der Waals surface area contributed by atoms with Gasteiger partial charge in [-0.15, -0.1) is 0 Å². The molecule has 8 nitrogen and oxygen atoms in total. The van der Waals surface area contributed by atoms with Crippen molar-refractivity contribution in [2.24, 2.45) is 5.73 Å². The van der Waals surface area contributed by atoms with E-state index in [2.05, 4.69) is 10.1 Å². The van der Waals surface area contributed by atoms with Gasteiger partial charge in [0.15, 0.2) is 5.65 Å². The number of hydrogen-bond donors (Lipinski definition) is 2. The predicted molar refractivity (Wildman–Crippen MR) is 61.9 cm³/mol. The maximum absolute atomic E-state index is 11.6. The first-order chi connectivity index (χ1) is 8.56. The Morgan fingerprint density at radius 2 is 2.11 bits per heavy atom. The molecule has 0 spiro atoms. The molecule has 18 heavy (non-hydrogen) atoms. The molecular formula is C10H11N5O3. The number of ether oxygens (including phenoxy) is 1. The molecule has 8 heteroatoms. The molecule has 0 aromatic carbocycles. The minimum absolute atomic E-state index is 0.0472.